The van der Waals surface area contributed by atoms with Crippen LogP contribution in [0.2, 0.25) is 0 Å². The molecule has 96 valence electrons. The maximum atomic E-state index is 10.6. The lowest BCUT2D eigenvalue weighted by Gasteiger charge is -2.13. The van der Waals surface area contributed by atoms with Crippen LogP contribution in [0.5, 0.6) is 0 Å². The van der Waals surface area contributed by atoms with Crippen LogP contribution in [-0.4, -0.2) is 5.11 Å². The van der Waals surface area contributed by atoms with Crippen LogP contribution in [0.1, 0.15) is 17.2 Å². The molecule has 1 unspecified atom stereocenters. The Hall–Kier alpha value is -0.680. The molecule has 0 saturated carbocycles. The van der Waals surface area contributed by atoms with Crippen LogP contribution in [0.4, 0.5) is 0 Å². The average molecular weight is 398 g/mol. The zero-order valence-corrected chi connectivity index (χ0v) is 13.8. The van der Waals surface area contributed by atoms with Gasteiger partial charge in [-0.25, -0.2) is 0 Å². The lowest BCUT2D eigenvalue weighted by atomic mass is 10.0. The van der Waals surface area contributed by atoms with Gasteiger partial charge in [-0.1, -0.05) is 50.1 Å². The molecule has 1 atom stereocenters. The van der Waals surface area contributed by atoms with Crippen LogP contribution in [0.3, 0.4) is 0 Å². The number of hydrogen-bond acceptors (Lipinski definition) is 2. The second-order valence-electron chi connectivity index (χ2n) is 4.26. The lowest BCUT2D eigenvalue weighted by Crippen LogP contribution is -1.99. The number of aliphatic hydroxyl groups is 1. The van der Waals surface area contributed by atoms with Crippen LogP contribution in [-0.2, 0) is 0 Å². The van der Waals surface area contributed by atoms with Crippen molar-refractivity contribution in [3.05, 3.63) is 67.9 Å². The summed E-state index contributed by atoms with van der Waals surface area (Å²) < 4.78 is 3.07. The number of hydrogen-bond donors (Lipinski definition) is 1. The van der Waals surface area contributed by atoms with E-state index < -0.39 is 6.10 Å². The van der Waals surface area contributed by atoms with Gasteiger partial charge in [0.25, 0.3) is 0 Å². The molecule has 0 bridgehead atoms. The Morgan fingerprint density at radius 1 is 1.00 bits per heavy atom. The summed E-state index contributed by atoms with van der Waals surface area (Å²) in [5.74, 6) is 0. The smallest absolute Gasteiger partial charge is 0.107 e. The number of rotatable bonds is 2. The van der Waals surface area contributed by atoms with Crippen molar-refractivity contribution in [3.63, 3.8) is 0 Å². The third-order valence-electron chi connectivity index (χ3n) is 3.06. The van der Waals surface area contributed by atoms with E-state index in [1.807, 2.05) is 35.7 Å². The molecule has 0 aliphatic carbocycles. The van der Waals surface area contributed by atoms with Gasteiger partial charge < -0.3 is 5.11 Å². The van der Waals surface area contributed by atoms with Crippen molar-refractivity contribution in [1.29, 1.82) is 0 Å². The lowest BCUT2D eigenvalue weighted by molar-refractivity contribution is 0.221. The molecule has 1 aromatic heterocycles. The monoisotopic (exact) mass is 396 g/mol. The quantitative estimate of drug-likeness (QED) is 0.604. The molecule has 4 heteroatoms. The highest BCUT2D eigenvalue weighted by molar-refractivity contribution is 9.11. The first-order valence-electron chi connectivity index (χ1n) is 5.76. The van der Waals surface area contributed by atoms with Crippen LogP contribution in [0.15, 0.2) is 56.8 Å². The van der Waals surface area contributed by atoms with Crippen molar-refractivity contribution in [2.75, 3.05) is 0 Å². The molecule has 3 aromatic rings. The summed E-state index contributed by atoms with van der Waals surface area (Å²) in [5, 5.41) is 13.8. The predicted molar refractivity (Wildman–Crippen MR) is 87.7 cm³/mol. The molecule has 0 saturated heterocycles. The van der Waals surface area contributed by atoms with Gasteiger partial charge in [0.05, 0.1) is 0 Å². The van der Waals surface area contributed by atoms with Crippen LogP contribution in [0.25, 0.3) is 10.1 Å². The van der Waals surface area contributed by atoms with E-state index in [4.69, 9.17) is 0 Å². The van der Waals surface area contributed by atoms with Gasteiger partial charge in [0.2, 0.25) is 0 Å². The van der Waals surface area contributed by atoms with Crippen LogP contribution >= 0.6 is 43.2 Å². The van der Waals surface area contributed by atoms with Crippen molar-refractivity contribution < 1.29 is 5.11 Å². The molecular formula is C15H10Br2OS. The highest BCUT2D eigenvalue weighted by Gasteiger charge is 2.17. The Kier molecular flexibility index (Phi) is 3.76. The standard InChI is InChI=1S/C15H10Br2OS/c16-9-5-6-13(17)11(7-9)15(18)12-8-19-14-4-2-1-3-10(12)14/h1-8,15,18H. The Balaban J connectivity index is 2.13. The maximum Gasteiger partial charge on any atom is 0.107 e. The second kappa shape index (κ2) is 5.37. The van der Waals surface area contributed by atoms with Crippen molar-refractivity contribution in [2.24, 2.45) is 0 Å². The Labute approximate surface area is 132 Å². The van der Waals surface area contributed by atoms with Crippen molar-refractivity contribution in [2.45, 2.75) is 6.10 Å². The van der Waals surface area contributed by atoms with E-state index in [9.17, 15) is 5.11 Å². The molecule has 0 amide bonds. The Morgan fingerprint density at radius 2 is 1.79 bits per heavy atom. The van der Waals surface area contributed by atoms with Gasteiger partial charge in [-0.15, -0.1) is 11.3 Å². The summed E-state index contributed by atoms with van der Waals surface area (Å²) in [7, 11) is 0. The molecule has 3 rings (SSSR count). The molecule has 2 aromatic carbocycles. The average Bonchev–Trinajstić information content (AvgIpc) is 2.84. The van der Waals surface area contributed by atoms with Crippen LogP contribution in [0, 0.1) is 0 Å². The van der Waals surface area contributed by atoms with Gasteiger partial charge in [-0.05, 0) is 35.0 Å². The summed E-state index contributed by atoms with van der Waals surface area (Å²) in [4.78, 5) is 0. The molecule has 1 nitrogen and oxygen atoms in total. The molecule has 0 aliphatic rings. The van der Waals surface area contributed by atoms with Gasteiger partial charge >= 0.3 is 0 Å². The van der Waals surface area contributed by atoms with E-state index in [1.54, 1.807) is 11.3 Å². The first-order chi connectivity index (χ1) is 9.16. The van der Waals surface area contributed by atoms with E-state index in [1.165, 1.54) is 4.70 Å². The van der Waals surface area contributed by atoms with E-state index >= 15 is 0 Å². The Morgan fingerprint density at radius 3 is 2.63 bits per heavy atom. The zero-order chi connectivity index (χ0) is 13.4. The number of benzene rings is 2. The molecule has 1 heterocycles. The second-order valence-corrected chi connectivity index (χ2v) is 6.94. The number of aliphatic hydroxyl groups excluding tert-OH is 1. The minimum Gasteiger partial charge on any atom is -0.384 e. The van der Waals surface area contributed by atoms with Gasteiger partial charge in [0.15, 0.2) is 0 Å². The van der Waals surface area contributed by atoms with Crippen molar-refractivity contribution in [3.8, 4) is 0 Å². The third kappa shape index (κ3) is 2.50. The summed E-state index contributed by atoms with van der Waals surface area (Å²) in [6.45, 7) is 0. The fraction of sp³-hybridized carbons (Fsp3) is 0.0667. The van der Waals surface area contributed by atoms with E-state index in [0.717, 1.165) is 25.5 Å². The van der Waals surface area contributed by atoms with Gasteiger partial charge in [-0.3, -0.25) is 0 Å². The van der Waals surface area contributed by atoms with Gasteiger partial charge in [-0.2, -0.15) is 0 Å². The third-order valence-corrected chi connectivity index (χ3v) is 5.26. The summed E-state index contributed by atoms with van der Waals surface area (Å²) >= 11 is 8.61. The summed E-state index contributed by atoms with van der Waals surface area (Å²) in [6, 6.07) is 14.0. The van der Waals surface area contributed by atoms with Gasteiger partial charge in [0.1, 0.15) is 6.10 Å². The number of thiophene rings is 1. The minimum absolute atomic E-state index is 0.622. The molecule has 0 fully saturated rings. The molecule has 0 aliphatic heterocycles. The normalized spacial score (nSPS) is 12.8. The van der Waals surface area contributed by atoms with Gasteiger partial charge in [0, 0.05) is 24.8 Å². The fourth-order valence-corrected chi connectivity index (χ4v) is 3.92. The first-order valence-corrected chi connectivity index (χ1v) is 8.22. The summed E-state index contributed by atoms with van der Waals surface area (Å²) in [6.07, 6.45) is -0.622. The molecular weight excluding hydrogens is 388 g/mol. The van der Waals surface area contributed by atoms with E-state index in [2.05, 4.69) is 44.0 Å². The highest BCUT2D eigenvalue weighted by Crippen LogP contribution is 2.36. The van der Waals surface area contributed by atoms with Crippen molar-refractivity contribution in [1.82, 2.24) is 0 Å². The maximum absolute atomic E-state index is 10.6. The molecule has 19 heavy (non-hydrogen) atoms. The summed E-state index contributed by atoms with van der Waals surface area (Å²) in [5.41, 5.74) is 1.83. The largest absolute Gasteiger partial charge is 0.384 e. The van der Waals surface area contributed by atoms with E-state index in [0.29, 0.717) is 0 Å². The first kappa shape index (κ1) is 13.3. The topological polar surface area (TPSA) is 20.2 Å². The number of halogens is 2. The molecule has 0 radical (unpaired) electrons. The zero-order valence-electron chi connectivity index (χ0n) is 9.81. The van der Waals surface area contributed by atoms with Crippen molar-refractivity contribution >= 4 is 53.3 Å². The Bertz CT molecular complexity index is 736. The predicted octanol–water partition coefficient (Wildman–Crippen LogP) is 5.51. The van der Waals surface area contributed by atoms with Crippen LogP contribution < -0.4 is 0 Å². The highest BCUT2D eigenvalue weighted by atomic mass is 79.9. The number of fused-ring (bicyclic) bond motifs is 1. The van der Waals surface area contributed by atoms with E-state index in [-0.39, 0.29) is 0 Å². The SMILES string of the molecule is OC(c1cc(Br)ccc1Br)c1csc2ccccc12. The molecule has 0 spiro atoms. The minimum atomic E-state index is -0.622. The fourth-order valence-electron chi connectivity index (χ4n) is 2.10. The molecule has 1 N–H and O–H groups in total.